The van der Waals surface area contributed by atoms with Crippen molar-refractivity contribution in [3.05, 3.63) is 0 Å². The molecular weight excluding hydrogens is 250 g/mol. The van der Waals surface area contributed by atoms with Crippen LogP contribution >= 0.6 is 0 Å². The number of carboxylic acid groups (broad SMARTS) is 1. The fourth-order valence-electron chi connectivity index (χ4n) is 1.97. The minimum Gasteiger partial charge on any atom is -0.480 e. The Bertz CT molecular complexity index is 299. The maximum absolute atomic E-state index is 11.7. The van der Waals surface area contributed by atoms with Crippen LogP contribution in [0.5, 0.6) is 0 Å². The molecule has 1 fully saturated rings. The van der Waals surface area contributed by atoms with E-state index in [1.165, 1.54) is 0 Å². The molecule has 110 valence electrons. The van der Waals surface area contributed by atoms with E-state index in [4.69, 9.17) is 14.6 Å². The van der Waals surface area contributed by atoms with Gasteiger partial charge in [-0.1, -0.05) is 13.8 Å². The van der Waals surface area contributed by atoms with E-state index in [0.717, 1.165) is 12.8 Å². The summed E-state index contributed by atoms with van der Waals surface area (Å²) in [6, 6.07) is -0.842. The van der Waals surface area contributed by atoms with Crippen LogP contribution in [0.4, 0.5) is 0 Å². The molecule has 0 aromatic heterocycles. The van der Waals surface area contributed by atoms with E-state index in [-0.39, 0.29) is 24.5 Å². The maximum atomic E-state index is 11.7. The van der Waals surface area contributed by atoms with E-state index >= 15 is 0 Å². The highest BCUT2D eigenvalue weighted by molar-refractivity contribution is 5.84. The lowest BCUT2D eigenvalue weighted by Gasteiger charge is -2.22. The molecule has 1 amide bonds. The van der Waals surface area contributed by atoms with Crippen molar-refractivity contribution in [3.8, 4) is 0 Å². The van der Waals surface area contributed by atoms with Crippen LogP contribution in [0.1, 0.15) is 33.1 Å². The van der Waals surface area contributed by atoms with Gasteiger partial charge in [-0.25, -0.2) is 4.79 Å². The van der Waals surface area contributed by atoms with E-state index in [1.807, 2.05) is 13.8 Å². The van der Waals surface area contributed by atoms with E-state index in [1.54, 1.807) is 0 Å². The second-order valence-electron chi connectivity index (χ2n) is 5.21. The van der Waals surface area contributed by atoms with Gasteiger partial charge in [0.15, 0.2) is 0 Å². The van der Waals surface area contributed by atoms with Crippen molar-refractivity contribution in [1.82, 2.24) is 5.32 Å². The number of hydrogen-bond acceptors (Lipinski definition) is 4. The van der Waals surface area contributed by atoms with Gasteiger partial charge < -0.3 is 19.9 Å². The van der Waals surface area contributed by atoms with Gasteiger partial charge in [0.1, 0.15) is 12.6 Å². The molecule has 1 saturated heterocycles. The van der Waals surface area contributed by atoms with Gasteiger partial charge in [-0.2, -0.15) is 0 Å². The van der Waals surface area contributed by atoms with Gasteiger partial charge in [-0.05, 0) is 25.2 Å². The second kappa shape index (κ2) is 8.12. The number of carboxylic acids is 1. The van der Waals surface area contributed by atoms with Gasteiger partial charge >= 0.3 is 5.97 Å². The largest absolute Gasteiger partial charge is 0.480 e. The molecule has 0 aromatic rings. The number of carbonyl (C=O) groups is 2. The quantitative estimate of drug-likeness (QED) is 0.716. The molecule has 0 spiro atoms. The number of rotatable bonds is 7. The van der Waals surface area contributed by atoms with Crippen LogP contribution in [-0.2, 0) is 19.1 Å². The van der Waals surface area contributed by atoms with Gasteiger partial charge in [0.25, 0.3) is 0 Å². The Hall–Kier alpha value is -1.14. The van der Waals surface area contributed by atoms with Crippen LogP contribution in [0, 0.1) is 5.92 Å². The standard InChI is InChI=1S/C13H23NO5/c1-9(2)7-11(13(16)17)14-12(15)8-19-10-3-5-18-6-4-10/h9-11H,3-8H2,1-2H3,(H,14,15)(H,16,17)/t11-/m1/s1. The lowest BCUT2D eigenvalue weighted by Crippen LogP contribution is -2.43. The first kappa shape index (κ1) is 15.9. The molecule has 0 unspecified atom stereocenters. The first-order valence-electron chi connectivity index (χ1n) is 6.70. The maximum Gasteiger partial charge on any atom is 0.326 e. The molecule has 0 bridgehead atoms. The Morgan fingerprint density at radius 1 is 1.37 bits per heavy atom. The number of amides is 1. The van der Waals surface area contributed by atoms with Gasteiger partial charge in [0.05, 0.1) is 6.10 Å². The summed E-state index contributed by atoms with van der Waals surface area (Å²) in [4.78, 5) is 22.7. The number of nitrogens with one attached hydrogen (secondary N) is 1. The van der Waals surface area contributed by atoms with Crippen molar-refractivity contribution in [2.45, 2.75) is 45.3 Å². The molecule has 1 aliphatic heterocycles. The average molecular weight is 273 g/mol. The third-order valence-electron chi connectivity index (χ3n) is 2.96. The molecule has 1 atom stereocenters. The van der Waals surface area contributed by atoms with E-state index in [9.17, 15) is 9.59 Å². The molecule has 0 saturated carbocycles. The van der Waals surface area contributed by atoms with Crippen LogP contribution in [0.2, 0.25) is 0 Å². The predicted molar refractivity (Wildman–Crippen MR) is 68.8 cm³/mol. The van der Waals surface area contributed by atoms with Crippen molar-refractivity contribution in [2.24, 2.45) is 5.92 Å². The summed E-state index contributed by atoms with van der Waals surface area (Å²) in [5.41, 5.74) is 0. The van der Waals surface area contributed by atoms with Gasteiger partial charge in [-0.3, -0.25) is 4.79 Å². The van der Waals surface area contributed by atoms with Crippen molar-refractivity contribution >= 4 is 11.9 Å². The number of ether oxygens (including phenoxy) is 2. The van der Waals surface area contributed by atoms with E-state index < -0.39 is 12.0 Å². The summed E-state index contributed by atoms with van der Waals surface area (Å²) < 4.78 is 10.6. The summed E-state index contributed by atoms with van der Waals surface area (Å²) in [5, 5.41) is 11.5. The predicted octanol–water partition coefficient (Wildman–Crippen LogP) is 0.798. The summed E-state index contributed by atoms with van der Waals surface area (Å²) in [6.45, 7) is 5.04. The second-order valence-corrected chi connectivity index (χ2v) is 5.21. The number of carbonyl (C=O) groups excluding carboxylic acids is 1. The molecule has 2 N–H and O–H groups in total. The Morgan fingerprint density at radius 2 is 2.00 bits per heavy atom. The molecule has 6 heteroatoms. The minimum absolute atomic E-state index is 0.0351. The monoisotopic (exact) mass is 273 g/mol. The van der Waals surface area contributed by atoms with Crippen LogP contribution in [0.3, 0.4) is 0 Å². The lowest BCUT2D eigenvalue weighted by atomic mass is 10.0. The molecule has 6 nitrogen and oxygen atoms in total. The number of hydrogen-bond donors (Lipinski definition) is 2. The highest BCUT2D eigenvalue weighted by atomic mass is 16.5. The first-order chi connectivity index (χ1) is 8.99. The summed E-state index contributed by atoms with van der Waals surface area (Å²) in [5.74, 6) is -1.18. The molecule has 0 radical (unpaired) electrons. The van der Waals surface area contributed by atoms with Gasteiger partial charge in [0.2, 0.25) is 5.91 Å². The average Bonchev–Trinajstić information content (AvgIpc) is 2.36. The van der Waals surface area contributed by atoms with Crippen LogP contribution in [0.15, 0.2) is 0 Å². The lowest BCUT2D eigenvalue weighted by molar-refractivity contribution is -0.143. The first-order valence-corrected chi connectivity index (χ1v) is 6.70. The van der Waals surface area contributed by atoms with Crippen molar-refractivity contribution in [1.29, 1.82) is 0 Å². The highest BCUT2D eigenvalue weighted by Gasteiger charge is 2.22. The molecule has 0 aliphatic carbocycles. The fraction of sp³-hybridized carbons (Fsp3) is 0.846. The summed E-state index contributed by atoms with van der Waals surface area (Å²) >= 11 is 0. The van der Waals surface area contributed by atoms with Gasteiger partial charge in [-0.15, -0.1) is 0 Å². The van der Waals surface area contributed by atoms with E-state index in [0.29, 0.717) is 19.6 Å². The van der Waals surface area contributed by atoms with E-state index in [2.05, 4.69) is 5.32 Å². The third-order valence-corrected chi connectivity index (χ3v) is 2.96. The van der Waals surface area contributed by atoms with Crippen molar-refractivity contribution in [3.63, 3.8) is 0 Å². The van der Waals surface area contributed by atoms with Crippen molar-refractivity contribution < 1.29 is 24.2 Å². The Morgan fingerprint density at radius 3 is 2.53 bits per heavy atom. The zero-order chi connectivity index (χ0) is 14.3. The smallest absolute Gasteiger partial charge is 0.326 e. The topological polar surface area (TPSA) is 84.9 Å². The van der Waals surface area contributed by atoms with Crippen molar-refractivity contribution in [2.75, 3.05) is 19.8 Å². The zero-order valence-corrected chi connectivity index (χ0v) is 11.6. The Labute approximate surface area is 113 Å². The number of aliphatic carboxylic acids is 1. The molecule has 1 heterocycles. The third kappa shape index (κ3) is 6.54. The van der Waals surface area contributed by atoms with Gasteiger partial charge in [0, 0.05) is 13.2 Å². The molecule has 1 aliphatic rings. The summed E-state index contributed by atoms with van der Waals surface area (Å²) in [7, 11) is 0. The Balaban J connectivity index is 2.29. The zero-order valence-electron chi connectivity index (χ0n) is 11.6. The van der Waals surface area contributed by atoms with Crippen LogP contribution < -0.4 is 5.32 Å². The molecule has 0 aromatic carbocycles. The molecular formula is C13H23NO5. The molecule has 1 rings (SSSR count). The molecule has 19 heavy (non-hydrogen) atoms. The highest BCUT2D eigenvalue weighted by Crippen LogP contribution is 2.10. The normalized spacial score (nSPS) is 18.3. The fourth-order valence-corrected chi connectivity index (χ4v) is 1.97. The van der Waals surface area contributed by atoms with Crippen LogP contribution in [-0.4, -0.2) is 48.9 Å². The summed E-state index contributed by atoms with van der Waals surface area (Å²) in [6.07, 6.45) is 2.01. The SMILES string of the molecule is CC(C)C[C@@H](NC(=O)COC1CCOCC1)C(=O)O. The minimum atomic E-state index is -1.01. The Kier molecular flexibility index (Phi) is 6.80. The van der Waals surface area contributed by atoms with Crippen LogP contribution in [0.25, 0.3) is 0 Å².